The Labute approximate surface area is 499 Å². The summed E-state index contributed by atoms with van der Waals surface area (Å²) in [4.78, 5) is 159. The summed E-state index contributed by atoms with van der Waals surface area (Å²) in [5.41, 5.74) is -5.10. The predicted molar refractivity (Wildman–Crippen MR) is 307 cm³/mol. The quantitative estimate of drug-likeness (QED) is 0.0283. The molecule has 0 aliphatic rings. The topological polar surface area (TPSA) is 316 Å². The number of ether oxygens (including phenoxy) is 12. The lowest BCUT2D eigenvalue weighted by atomic mass is 9.88. The summed E-state index contributed by atoms with van der Waals surface area (Å²) in [6.45, 7) is 41.9. The van der Waals surface area contributed by atoms with Crippen molar-refractivity contribution in [1.82, 2.24) is 0 Å². The molecule has 458 valence electrons. The van der Waals surface area contributed by atoms with Gasteiger partial charge in [-0.05, 0) is 105 Å². The van der Waals surface area contributed by atoms with Crippen LogP contribution in [0.5, 0.6) is 51.7 Å². The molecule has 0 aliphatic heterocycles. The Morgan fingerprint density at radius 2 is 0.437 bits per heavy atom. The smallest absolute Gasteiger partial charge is 0.338 e. The molecule has 0 bridgehead atoms. The van der Waals surface area contributed by atoms with Crippen LogP contribution in [0.3, 0.4) is 0 Å². The number of hydrogen-bond acceptors (Lipinski definition) is 24. The van der Waals surface area contributed by atoms with E-state index < -0.39 is 165 Å². The molecule has 0 spiro atoms. The molecular weight excluding hydrogens is 1140 g/mol. The van der Waals surface area contributed by atoms with E-state index in [0.717, 1.165) is 36.4 Å². The maximum absolute atomic E-state index is 14.4. The first-order chi connectivity index (χ1) is 40.4. The van der Waals surface area contributed by atoms with Crippen molar-refractivity contribution >= 4 is 71.6 Å². The van der Waals surface area contributed by atoms with Crippen molar-refractivity contribution in [3.63, 3.8) is 0 Å². The van der Waals surface area contributed by atoms with Crippen LogP contribution in [0.2, 0.25) is 0 Å². The lowest BCUT2D eigenvalue weighted by Crippen LogP contribution is -2.39. The fourth-order valence-corrected chi connectivity index (χ4v) is 5.84. The van der Waals surface area contributed by atoms with Gasteiger partial charge in [0.15, 0.2) is 34.5 Å². The lowest BCUT2D eigenvalue weighted by Gasteiger charge is -2.31. The lowest BCUT2D eigenvalue weighted by molar-refractivity contribution is -0.133. The van der Waals surface area contributed by atoms with E-state index in [1.165, 1.54) is 69.2 Å². The minimum Gasteiger partial charge on any atom is -0.461 e. The Morgan fingerprint density at radius 3 is 0.575 bits per heavy atom. The summed E-state index contributed by atoms with van der Waals surface area (Å²) < 4.78 is 66.0. The first-order valence-electron chi connectivity index (χ1n) is 25.4. The molecule has 0 saturated carbocycles. The number of rotatable bonds is 28. The normalized spacial score (nSPS) is 10.4. The zero-order valence-electron chi connectivity index (χ0n) is 49.5. The largest absolute Gasteiger partial charge is 0.461 e. The molecule has 3 aromatic carbocycles. The van der Waals surface area contributed by atoms with Crippen molar-refractivity contribution in [3.05, 3.63) is 162 Å². The third kappa shape index (κ3) is 19.8. The van der Waals surface area contributed by atoms with E-state index in [1.807, 2.05) is 0 Å². The van der Waals surface area contributed by atoms with Crippen LogP contribution in [0.1, 0.15) is 107 Å². The van der Waals surface area contributed by atoms with Crippen LogP contribution >= 0.6 is 0 Å². The van der Waals surface area contributed by atoms with Gasteiger partial charge in [0, 0.05) is 50.2 Å². The van der Waals surface area contributed by atoms with Crippen molar-refractivity contribution in [2.24, 2.45) is 5.41 Å². The van der Waals surface area contributed by atoms with E-state index in [2.05, 4.69) is 59.2 Å². The Morgan fingerprint density at radius 1 is 0.287 bits per heavy atom. The van der Waals surface area contributed by atoms with Gasteiger partial charge in [-0.2, -0.15) is 0 Å². The van der Waals surface area contributed by atoms with Crippen molar-refractivity contribution in [3.8, 4) is 51.7 Å². The van der Waals surface area contributed by atoms with E-state index >= 15 is 0 Å². The van der Waals surface area contributed by atoms with Gasteiger partial charge in [0.05, 0.1) is 22.1 Å². The van der Waals surface area contributed by atoms with Gasteiger partial charge in [0.2, 0.25) is 17.2 Å². The van der Waals surface area contributed by atoms with Gasteiger partial charge in [-0.1, -0.05) is 66.1 Å². The number of carbonyl (C=O) groups excluding carboxylic acids is 12. The summed E-state index contributed by atoms with van der Waals surface area (Å²) in [5.74, 6) is -19.9. The molecule has 24 heteroatoms. The van der Waals surface area contributed by atoms with Gasteiger partial charge in [-0.15, -0.1) is 0 Å². The van der Waals surface area contributed by atoms with Crippen LogP contribution < -0.4 is 42.6 Å². The first kappa shape index (κ1) is 70.2. The highest BCUT2D eigenvalue weighted by atomic mass is 16.6. The van der Waals surface area contributed by atoms with E-state index in [1.54, 1.807) is 0 Å². The second-order valence-corrected chi connectivity index (χ2v) is 19.5. The van der Waals surface area contributed by atoms with E-state index in [0.29, 0.717) is 0 Å². The molecule has 0 heterocycles. The van der Waals surface area contributed by atoms with Crippen molar-refractivity contribution in [2.45, 2.75) is 75.7 Å². The molecule has 0 atom stereocenters. The Balaban J connectivity index is 2.39. The van der Waals surface area contributed by atoms with Crippen molar-refractivity contribution in [1.29, 1.82) is 0 Å². The summed E-state index contributed by atoms with van der Waals surface area (Å²) in [6, 6.07) is 5.24. The molecule has 0 unspecified atom stereocenters. The van der Waals surface area contributed by atoms with E-state index in [-0.39, 0.29) is 56.6 Å². The third-order valence-corrected chi connectivity index (χ3v) is 11.0. The van der Waals surface area contributed by atoms with E-state index in [4.69, 9.17) is 56.8 Å². The van der Waals surface area contributed by atoms with Crippen LogP contribution in [0, 0.1) is 5.41 Å². The number of carbonyl (C=O) groups is 12. The molecule has 0 amide bonds. The van der Waals surface area contributed by atoms with Gasteiger partial charge >= 0.3 is 71.6 Å². The maximum atomic E-state index is 14.4. The highest BCUT2D eigenvalue weighted by Crippen LogP contribution is 2.44. The summed E-state index contributed by atoms with van der Waals surface area (Å²) in [7, 11) is 0. The van der Waals surface area contributed by atoms with E-state index in [9.17, 15) is 57.5 Å². The van der Waals surface area contributed by atoms with Gasteiger partial charge < -0.3 is 56.8 Å². The molecule has 24 nitrogen and oxygen atoms in total. The summed E-state index contributed by atoms with van der Waals surface area (Å²) in [6.07, 6.45) is -0.253. The average molecular weight is 1200 g/mol. The Kier molecular flexibility index (Phi) is 24.6. The minimum absolute atomic E-state index is 0.163. The monoisotopic (exact) mass is 1200 g/mol. The summed E-state index contributed by atoms with van der Waals surface area (Å²) in [5, 5.41) is 0. The minimum atomic E-state index is -1.88. The molecule has 87 heavy (non-hydrogen) atoms. The molecule has 0 saturated heterocycles. The SMILES string of the molecule is C=C(C)C(=O)Oc1cc(C(=O)OCC(CC)(COC(=O)c2cc(OC(=O)C(=C)C)c(OC(=O)C(=C)C)c(OC(=O)C(=C)C)c2)COC(=O)c2cc(OC(=O)C(=C)C)c(OC(=O)C(=C)C)c(OC(=O)C(=C)C)c2)cc(OC(=O)C(=C)C)c1OC(=O)C(=C)C. The van der Waals surface area contributed by atoms with Crippen LogP contribution in [0.25, 0.3) is 0 Å². The second-order valence-electron chi connectivity index (χ2n) is 19.5. The maximum Gasteiger partial charge on any atom is 0.338 e. The zero-order chi connectivity index (χ0) is 66.1. The number of esters is 12. The van der Waals surface area contributed by atoms with Crippen LogP contribution in [0.15, 0.2) is 146 Å². The van der Waals surface area contributed by atoms with Crippen LogP contribution in [-0.2, 0) is 57.4 Å². The molecule has 3 aromatic rings. The Hall–Kier alpha value is -11.0. The summed E-state index contributed by atoms with van der Waals surface area (Å²) >= 11 is 0. The fraction of sp³-hybridized carbons (Fsp3) is 0.238. The number of benzene rings is 3. The van der Waals surface area contributed by atoms with Gasteiger partial charge in [-0.3, -0.25) is 0 Å². The van der Waals surface area contributed by atoms with Crippen molar-refractivity contribution in [2.75, 3.05) is 19.8 Å². The molecule has 3 rings (SSSR count). The second kappa shape index (κ2) is 30.5. The number of hydrogen-bond donors (Lipinski definition) is 0. The average Bonchev–Trinajstić information content (AvgIpc) is 1.18. The molecule has 0 radical (unpaired) electrons. The molecule has 0 aromatic heterocycles. The van der Waals surface area contributed by atoms with Gasteiger partial charge in [0.1, 0.15) is 19.8 Å². The first-order valence-corrected chi connectivity index (χ1v) is 25.4. The Bertz CT molecular complexity index is 3050. The third-order valence-electron chi connectivity index (χ3n) is 11.0. The predicted octanol–water partition coefficient (Wildman–Crippen LogP) is 9.29. The van der Waals surface area contributed by atoms with Gasteiger partial charge in [0.25, 0.3) is 0 Å². The highest BCUT2D eigenvalue weighted by Gasteiger charge is 2.37. The standard InChI is InChI=1S/C63H62O24/c1-20-63(27-76-60(73)39-21-42(79-51(64)30(2)3)48(85-57(70)36(14)15)43(22-39)80-52(65)31(4)5,28-77-61(74)40-23-44(81-53(66)32(6)7)49(86-58(71)37(16)17)45(24-40)82-54(67)33(8)9)29-78-62(75)41-25-46(83-55(68)34(10)11)50(87-59(72)38(18)19)47(26-41)84-56(69)35(12)13/h21-26H,2,4,6,8,10,12,14,16,18,20,27-29H2,1,3,5,7,9,11,13,15,17,19H3. The van der Waals surface area contributed by atoms with Crippen LogP contribution in [0.4, 0.5) is 0 Å². The molecular formula is C63H62O24. The molecule has 0 aliphatic carbocycles. The molecule has 0 fully saturated rings. The highest BCUT2D eigenvalue weighted by molar-refractivity contribution is 6.00. The van der Waals surface area contributed by atoms with Crippen molar-refractivity contribution < 1.29 is 114 Å². The fourth-order valence-electron chi connectivity index (χ4n) is 5.84. The zero-order valence-corrected chi connectivity index (χ0v) is 49.5. The van der Waals surface area contributed by atoms with Gasteiger partial charge in [-0.25, -0.2) is 57.5 Å². The van der Waals surface area contributed by atoms with Crippen LogP contribution in [-0.4, -0.2) is 91.5 Å². The molecule has 0 N–H and O–H groups in total.